The van der Waals surface area contributed by atoms with E-state index in [-0.39, 0.29) is 0 Å². The average Bonchev–Trinajstić information content (AvgIpc) is 3.31. The van der Waals surface area contributed by atoms with Crippen molar-refractivity contribution < 1.29 is 31.5 Å². The number of hydrogen-bond acceptors (Lipinski definition) is 5. The normalized spacial score (nSPS) is 16.6. The van der Waals surface area contributed by atoms with Gasteiger partial charge in [-0.1, -0.05) is 12.1 Å². The lowest BCUT2D eigenvalue weighted by Crippen LogP contribution is -2.27. The number of rotatable bonds is 7. The summed E-state index contributed by atoms with van der Waals surface area (Å²) in [5, 5.41) is 11.7. The van der Waals surface area contributed by atoms with Gasteiger partial charge in [-0.3, -0.25) is 0 Å². The molecule has 3 aromatic rings. The van der Waals surface area contributed by atoms with Crippen LogP contribution in [0.3, 0.4) is 0 Å². The molecule has 2 aliphatic rings. The van der Waals surface area contributed by atoms with Crippen molar-refractivity contribution >= 4 is 27.0 Å². The number of nitrogens with one attached hydrogen (secondary N) is 2. The number of nitrogens with zero attached hydrogens (tertiary/aromatic N) is 2. The zero-order valence-electron chi connectivity index (χ0n) is 19.4. The molecule has 194 valence electrons. The Morgan fingerprint density at radius 2 is 1.78 bits per heavy atom. The van der Waals surface area contributed by atoms with Gasteiger partial charge in [0.1, 0.15) is 5.65 Å². The van der Waals surface area contributed by atoms with E-state index in [9.17, 15) is 21.6 Å². The van der Waals surface area contributed by atoms with Crippen molar-refractivity contribution in [2.45, 2.75) is 43.3 Å². The van der Waals surface area contributed by atoms with Crippen LogP contribution in [0.25, 0.3) is 22.2 Å². The first-order chi connectivity index (χ1) is 17.1. The first kappa shape index (κ1) is 26.1. The van der Waals surface area contributed by atoms with Crippen molar-refractivity contribution in [3.05, 3.63) is 48.3 Å². The Kier molecular flexibility index (Phi) is 7.67. The molecule has 0 spiro atoms. The Morgan fingerprint density at radius 3 is 2.36 bits per heavy atom. The van der Waals surface area contributed by atoms with Gasteiger partial charge in [0.15, 0.2) is 0 Å². The van der Waals surface area contributed by atoms with Crippen LogP contribution in [0.4, 0.5) is 13.2 Å². The number of sulfonamides is 1. The van der Waals surface area contributed by atoms with Gasteiger partial charge in [0, 0.05) is 36.9 Å². The second-order valence-electron chi connectivity index (χ2n) is 8.93. The highest BCUT2D eigenvalue weighted by Gasteiger charge is 2.38. The number of halogens is 3. The van der Waals surface area contributed by atoms with E-state index in [0.29, 0.717) is 18.0 Å². The van der Waals surface area contributed by atoms with Crippen molar-refractivity contribution in [3.63, 3.8) is 0 Å². The van der Waals surface area contributed by atoms with Gasteiger partial charge in [0.05, 0.1) is 4.90 Å². The number of benzene rings is 1. The number of aromatic amines is 1. The van der Waals surface area contributed by atoms with Crippen LogP contribution in [0.15, 0.2) is 47.5 Å². The molecule has 0 bridgehead atoms. The van der Waals surface area contributed by atoms with E-state index in [2.05, 4.69) is 21.4 Å². The summed E-state index contributed by atoms with van der Waals surface area (Å²) in [6, 6.07) is 11.4. The molecule has 1 saturated carbocycles. The van der Waals surface area contributed by atoms with Gasteiger partial charge in [-0.05, 0) is 73.5 Å². The fourth-order valence-electron chi connectivity index (χ4n) is 4.05. The van der Waals surface area contributed by atoms with Crippen LogP contribution in [0.5, 0.6) is 0 Å². The summed E-state index contributed by atoms with van der Waals surface area (Å²) in [6.45, 7) is 3.12. The summed E-state index contributed by atoms with van der Waals surface area (Å²) in [6.07, 6.45) is 1.28. The van der Waals surface area contributed by atoms with Gasteiger partial charge in [-0.25, -0.2) is 18.2 Å². The molecule has 0 amide bonds. The number of carboxylic acids is 1. The standard InChI is InChI=1S/C22H26N4O2S.C2HF3O2/c27-29(28,26-11-1-2-12-26)19-7-5-17(6-8-19)20-9-10-24-22-21(20)13-18(25-22)15-23-14-16-3-4-16;3-2(4,5)1(6)7/h5-10,13,16,23H,1-4,11-12,14-15H2,(H,24,25);(H,6,7). The zero-order valence-corrected chi connectivity index (χ0v) is 20.2. The van der Waals surface area contributed by atoms with Crippen LogP contribution in [-0.2, 0) is 21.4 Å². The Labute approximate surface area is 206 Å². The molecule has 3 N–H and O–H groups in total. The number of H-pyrrole nitrogens is 1. The second-order valence-corrected chi connectivity index (χ2v) is 10.9. The SMILES string of the molecule is O=C(O)C(F)(F)F.O=S(=O)(c1ccc(-c2ccnc3[nH]c(CNCC4CC4)cc23)cc1)N1CCCC1. The van der Waals surface area contributed by atoms with Gasteiger partial charge in [0.25, 0.3) is 0 Å². The summed E-state index contributed by atoms with van der Waals surface area (Å²) >= 11 is 0. The van der Waals surface area contributed by atoms with Crippen molar-refractivity contribution in [2.75, 3.05) is 19.6 Å². The summed E-state index contributed by atoms with van der Waals surface area (Å²) in [5.41, 5.74) is 4.03. The zero-order chi connectivity index (χ0) is 25.9. The minimum Gasteiger partial charge on any atom is -0.475 e. The largest absolute Gasteiger partial charge is 0.490 e. The number of carbonyl (C=O) groups is 1. The number of fused-ring (bicyclic) bond motifs is 1. The Morgan fingerprint density at radius 1 is 1.14 bits per heavy atom. The molecule has 2 aromatic heterocycles. The molecule has 3 heterocycles. The van der Waals surface area contributed by atoms with E-state index in [4.69, 9.17) is 9.90 Å². The van der Waals surface area contributed by atoms with Crippen LogP contribution < -0.4 is 5.32 Å². The first-order valence-corrected chi connectivity index (χ1v) is 13.1. The number of aromatic nitrogens is 2. The van der Waals surface area contributed by atoms with Gasteiger partial charge in [0.2, 0.25) is 10.0 Å². The molecule has 12 heteroatoms. The third-order valence-corrected chi connectivity index (χ3v) is 8.06. The molecule has 1 aromatic carbocycles. The molecule has 36 heavy (non-hydrogen) atoms. The van der Waals surface area contributed by atoms with E-state index in [1.807, 2.05) is 18.2 Å². The van der Waals surface area contributed by atoms with E-state index in [0.717, 1.165) is 59.7 Å². The monoisotopic (exact) mass is 524 g/mol. The minimum absolute atomic E-state index is 0.368. The molecule has 0 atom stereocenters. The topological polar surface area (TPSA) is 115 Å². The molecule has 0 unspecified atom stereocenters. The van der Waals surface area contributed by atoms with Crippen LogP contribution in [0.1, 0.15) is 31.4 Å². The van der Waals surface area contributed by atoms with Crippen molar-refractivity contribution in [1.82, 2.24) is 19.6 Å². The number of alkyl halides is 3. The van der Waals surface area contributed by atoms with Crippen molar-refractivity contribution in [1.29, 1.82) is 0 Å². The van der Waals surface area contributed by atoms with Crippen LogP contribution in [0, 0.1) is 5.92 Å². The fourth-order valence-corrected chi connectivity index (χ4v) is 5.56. The summed E-state index contributed by atoms with van der Waals surface area (Å²) in [5.74, 6) is -1.91. The quantitative estimate of drug-likeness (QED) is 0.428. The predicted octanol–water partition coefficient (Wildman–Crippen LogP) is 4.15. The molecule has 1 saturated heterocycles. The third kappa shape index (κ3) is 6.23. The van der Waals surface area contributed by atoms with Gasteiger partial charge < -0.3 is 15.4 Å². The Hall–Kier alpha value is -2.96. The van der Waals surface area contributed by atoms with E-state index < -0.39 is 22.2 Å². The molecule has 2 fully saturated rings. The highest BCUT2D eigenvalue weighted by Crippen LogP contribution is 2.30. The summed E-state index contributed by atoms with van der Waals surface area (Å²) in [4.78, 5) is 17.1. The second kappa shape index (κ2) is 10.6. The maximum absolute atomic E-state index is 12.8. The molecule has 0 radical (unpaired) electrons. The average molecular weight is 525 g/mol. The van der Waals surface area contributed by atoms with E-state index in [1.165, 1.54) is 12.8 Å². The number of hydrogen-bond donors (Lipinski definition) is 3. The minimum atomic E-state index is -5.08. The maximum atomic E-state index is 12.8. The predicted molar refractivity (Wildman–Crippen MR) is 128 cm³/mol. The van der Waals surface area contributed by atoms with E-state index in [1.54, 1.807) is 22.6 Å². The lowest BCUT2D eigenvalue weighted by Gasteiger charge is -2.15. The van der Waals surface area contributed by atoms with Crippen molar-refractivity contribution in [2.24, 2.45) is 5.92 Å². The first-order valence-electron chi connectivity index (χ1n) is 11.6. The summed E-state index contributed by atoms with van der Waals surface area (Å²) in [7, 11) is -3.38. The van der Waals surface area contributed by atoms with Gasteiger partial charge in [-0.15, -0.1) is 0 Å². The summed E-state index contributed by atoms with van der Waals surface area (Å²) < 4.78 is 58.8. The van der Waals surface area contributed by atoms with E-state index >= 15 is 0 Å². The molecule has 1 aliphatic carbocycles. The molecular formula is C24H27F3N4O4S. The smallest absolute Gasteiger partial charge is 0.475 e. The number of aliphatic carboxylic acids is 1. The fraction of sp³-hybridized carbons (Fsp3) is 0.417. The molecular weight excluding hydrogens is 497 g/mol. The van der Waals surface area contributed by atoms with Crippen LogP contribution in [0.2, 0.25) is 0 Å². The highest BCUT2D eigenvalue weighted by molar-refractivity contribution is 7.89. The number of carboxylic acid groups (broad SMARTS) is 1. The molecule has 1 aliphatic heterocycles. The maximum Gasteiger partial charge on any atom is 0.490 e. The van der Waals surface area contributed by atoms with Crippen LogP contribution >= 0.6 is 0 Å². The van der Waals surface area contributed by atoms with Crippen LogP contribution in [-0.4, -0.2) is 59.6 Å². The lowest BCUT2D eigenvalue weighted by atomic mass is 10.0. The lowest BCUT2D eigenvalue weighted by molar-refractivity contribution is -0.192. The Balaban J connectivity index is 0.000000384. The third-order valence-electron chi connectivity index (χ3n) is 6.14. The molecule has 8 nitrogen and oxygen atoms in total. The van der Waals surface area contributed by atoms with Gasteiger partial charge >= 0.3 is 12.1 Å². The molecule has 5 rings (SSSR count). The number of pyridine rings is 1. The highest BCUT2D eigenvalue weighted by atomic mass is 32.2. The van der Waals surface area contributed by atoms with Crippen molar-refractivity contribution in [3.8, 4) is 11.1 Å². The Bertz CT molecular complexity index is 1310. The van der Waals surface area contributed by atoms with Gasteiger partial charge in [-0.2, -0.15) is 17.5 Å².